The quantitative estimate of drug-likeness (QED) is 0.603. The minimum absolute atomic E-state index is 0.208. The zero-order valence-electron chi connectivity index (χ0n) is 9.47. The van der Waals surface area contributed by atoms with Gasteiger partial charge in [0.2, 0.25) is 5.88 Å². The van der Waals surface area contributed by atoms with Crippen molar-refractivity contribution in [3.8, 4) is 5.88 Å². The van der Waals surface area contributed by atoms with Gasteiger partial charge in [-0.15, -0.1) is 0 Å². The molecule has 0 aromatic carbocycles. The van der Waals surface area contributed by atoms with E-state index in [0.717, 1.165) is 0 Å². The Balaban J connectivity index is 2.42. The highest BCUT2D eigenvalue weighted by molar-refractivity contribution is 7.80. The number of rotatable bonds is 6. The highest BCUT2D eigenvalue weighted by Crippen LogP contribution is 2.07. The van der Waals surface area contributed by atoms with Gasteiger partial charge in [-0.25, -0.2) is 4.98 Å². The van der Waals surface area contributed by atoms with E-state index < -0.39 is 0 Å². The zero-order valence-corrected chi connectivity index (χ0v) is 10.3. The maximum absolute atomic E-state index is 5.47. The molecular formula is C11H16N2O2S. The summed E-state index contributed by atoms with van der Waals surface area (Å²) in [7, 11) is 0. The molecule has 0 saturated carbocycles. The Kier molecular flexibility index (Phi) is 5.14. The third-order valence-electron chi connectivity index (χ3n) is 1.76. The normalized spacial score (nSPS) is 10.4. The number of ether oxygens (including phenoxy) is 2. The molecule has 1 aromatic rings. The zero-order chi connectivity index (χ0) is 12.0. The largest absolute Gasteiger partial charge is 0.475 e. The average molecular weight is 240 g/mol. The van der Waals surface area contributed by atoms with Crippen molar-refractivity contribution in [3.05, 3.63) is 23.9 Å². The molecule has 16 heavy (non-hydrogen) atoms. The second-order valence-electron chi connectivity index (χ2n) is 3.49. The molecule has 0 aliphatic heterocycles. The Labute approximate surface area is 101 Å². The van der Waals surface area contributed by atoms with E-state index in [1.54, 1.807) is 18.2 Å². The first-order valence-electron chi connectivity index (χ1n) is 5.11. The molecule has 4 nitrogen and oxygen atoms in total. The molecule has 0 aliphatic rings. The summed E-state index contributed by atoms with van der Waals surface area (Å²) >= 11 is 4.83. The van der Waals surface area contributed by atoms with Gasteiger partial charge in [-0.2, -0.15) is 0 Å². The molecule has 0 saturated heterocycles. The second kappa shape index (κ2) is 6.40. The lowest BCUT2D eigenvalue weighted by Gasteiger charge is -2.09. The molecule has 0 aliphatic carbocycles. The first kappa shape index (κ1) is 12.9. The molecule has 1 aromatic heterocycles. The van der Waals surface area contributed by atoms with Gasteiger partial charge < -0.3 is 15.2 Å². The minimum Gasteiger partial charge on any atom is -0.475 e. The summed E-state index contributed by atoms with van der Waals surface area (Å²) < 4.78 is 10.7. The predicted molar refractivity (Wildman–Crippen MR) is 66.7 cm³/mol. The topological polar surface area (TPSA) is 57.4 Å². The predicted octanol–water partition coefficient (Wildman–Crippen LogP) is 1.52. The van der Waals surface area contributed by atoms with E-state index in [2.05, 4.69) is 4.98 Å². The molecule has 1 heterocycles. The highest BCUT2D eigenvalue weighted by atomic mass is 32.1. The van der Waals surface area contributed by atoms with Crippen molar-refractivity contribution in [2.75, 3.05) is 13.2 Å². The molecule has 88 valence electrons. The van der Waals surface area contributed by atoms with E-state index in [1.165, 1.54) is 0 Å². The summed E-state index contributed by atoms with van der Waals surface area (Å²) in [5.41, 5.74) is 6.03. The first-order valence-corrected chi connectivity index (χ1v) is 5.51. The molecule has 1 rings (SSSR count). The van der Waals surface area contributed by atoms with E-state index in [1.807, 2.05) is 13.8 Å². The van der Waals surface area contributed by atoms with Gasteiger partial charge in [0.15, 0.2) is 0 Å². The fourth-order valence-corrected chi connectivity index (χ4v) is 1.18. The SMILES string of the molecule is CC(C)OCCOc1cccc(C(N)=S)n1. The molecule has 0 fully saturated rings. The average Bonchev–Trinajstić information content (AvgIpc) is 2.24. The van der Waals surface area contributed by atoms with Crippen molar-refractivity contribution >= 4 is 17.2 Å². The fraction of sp³-hybridized carbons (Fsp3) is 0.455. The van der Waals surface area contributed by atoms with Gasteiger partial charge in [-0.05, 0) is 19.9 Å². The van der Waals surface area contributed by atoms with Gasteiger partial charge in [0.1, 0.15) is 17.3 Å². The number of nitrogens with two attached hydrogens (primary N) is 1. The van der Waals surface area contributed by atoms with Crippen LogP contribution in [0.1, 0.15) is 19.5 Å². The molecule has 0 radical (unpaired) electrons. The molecule has 0 amide bonds. The lowest BCUT2D eigenvalue weighted by molar-refractivity contribution is 0.0542. The van der Waals surface area contributed by atoms with E-state index in [-0.39, 0.29) is 11.1 Å². The Hall–Kier alpha value is -1.20. The van der Waals surface area contributed by atoms with Gasteiger partial charge in [0.25, 0.3) is 0 Å². The summed E-state index contributed by atoms with van der Waals surface area (Å²) in [5.74, 6) is 0.512. The van der Waals surface area contributed by atoms with Crippen LogP contribution in [0.15, 0.2) is 18.2 Å². The monoisotopic (exact) mass is 240 g/mol. The third kappa shape index (κ3) is 4.55. The van der Waals surface area contributed by atoms with E-state index in [9.17, 15) is 0 Å². The maximum Gasteiger partial charge on any atom is 0.213 e. The molecular weight excluding hydrogens is 224 g/mol. The fourth-order valence-electron chi connectivity index (χ4n) is 1.06. The summed E-state index contributed by atoms with van der Waals surface area (Å²) in [6.07, 6.45) is 0.208. The van der Waals surface area contributed by atoms with Gasteiger partial charge in [0, 0.05) is 6.07 Å². The lowest BCUT2D eigenvalue weighted by atomic mass is 10.3. The van der Waals surface area contributed by atoms with Crippen molar-refractivity contribution < 1.29 is 9.47 Å². The van der Waals surface area contributed by atoms with Crippen molar-refractivity contribution in [3.63, 3.8) is 0 Å². The summed E-state index contributed by atoms with van der Waals surface area (Å²) in [5, 5.41) is 0. The molecule has 0 unspecified atom stereocenters. The Morgan fingerprint density at radius 3 is 2.81 bits per heavy atom. The molecule has 0 spiro atoms. The summed E-state index contributed by atoms with van der Waals surface area (Å²) in [6.45, 7) is 4.96. The number of nitrogens with zero attached hydrogens (tertiary/aromatic N) is 1. The van der Waals surface area contributed by atoms with Crippen molar-refractivity contribution in [1.29, 1.82) is 0 Å². The number of pyridine rings is 1. The maximum atomic E-state index is 5.47. The number of hydrogen-bond acceptors (Lipinski definition) is 4. The third-order valence-corrected chi connectivity index (χ3v) is 1.97. The van der Waals surface area contributed by atoms with Crippen LogP contribution in [-0.4, -0.2) is 29.3 Å². The molecule has 0 bridgehead atoms. The van der Waals surface area contributed by atoms with E-state index in [0.29, 0.717) is 24.8 Å². The van der Waals surface area contributed by atoms with Gasteiger partial charge in [-0.3, -0.25) is 0 Å². The van der Waals surface area contributed by atoms with Crippen LogP contribution in [0.3, 0.4) is 0 Å². The minimum atomic E-state index is 0.208. The number of thiocarbonyl (C=S) groups is 1. The van der Waals surface area contributed by atoms with Gasteiger partial charge in [-0.1, -0.05) is 18.3 Å². The Morgan fingerprint density at radius 2 is 2.19 bits per heavy atom. The number of hydrogen-bond donors (Lipinski definition) is 1. The van der Waals surface area contributed by atoms with Crippen molar-refractivity contribution in [2.45, 2.75) is 20.0 Å². The lowest BCUT2D eigenvalue weighted by Crippen LogP contribution is -2.14. The van der Waals surface area contributed by atoms with Crippen LogP contribution in [0.25, 0.3) is 0 Å². The molecule has 5 heteroatoms. The summed E-state index contributed by atoms with van der Waals surface area (Å²) in [6, 6.07) is 5.32. The second-order valence-corrected chi connectivity index (χ2v) is 3.93. The van der Waals surface area contributed by atoms with Gasteiger partial charge >= 0.3 is 0 Å². The Bertz CT molecular complexity index is 356. The highest BCUT2D eigenvalue weighted by Gasteiger charge is 2.01. The standard InChI is InChI=1S/C11H16N2O2S/c1-8(2)14-6-7-15-10-5-3-4-9(13-10)11(12)16/h3-5,8H,6-7H2,1-2H3,(H2,12,16). The van der Waals surface area contributed by atoms with Crippen LogP contribution in [0.4, 0.5) is 0 Å². The first-order chi connectivity index (χ1) is 7.59. The van der Waals surface area contributed by atoms with Crippen LogP contribution in [0, 0.1) is 0 Å². The van der Waals surface area contributed by atoms with Crippen molar-refractivity contribution in [2.24, 2.45) is 5.73 Å². The van der Waals surface area contributed by atoms with E-state index in [4.69, 9.17) is 27.4 Å². The number of aromatic nitrogens is 1. The molecule has 0 atom stereocenters. The van der Waals surface area contributed by atoms with Crippen molar-refractivity contribution in [1.82, 2.24) is 4.98 Å². The van der Waals surface area contributed by atoms with Crippen LogP contribution < -0.4 is 10.5 Å². The van der Waals surface area contributed by atoms with Crippen LogP contribution in [-0.2, 0) is 4.74 Å². The summed E-state index contributed by atoms with van der Waals surface area (Å²) in [4.78, 5) is 4.41. The van der Waals surface area contributed by atoms with Crippen LogP contribution >= 0.6 is 12.2 Å². The molecule has 2 N–H and O–H groups in total. The van der Waals surface area contributed by atoms with Gasteiger partial charge in [0.05, 0.1) is 12.7 Å². The Morgan fingerprint density at radius 1 is 1.44 bits per heavy atom. The smallest absolute Gasteiger partial charge is 0.213 e. The van der Waals surface area contributed by atoms with Crippen LogP contribution in [0.5, 0.6) is 5.88 Å². The van der Waals surface area contributed by atoms with Crippen LogP contribution in [0.2, 0.25) is 0 Å². The van der Waals surface area contributed by atoms with E-state index >= 15 is 0 Å².